The van der Waals surface area contributed by atoms with Crippen LogP contribution in [-0.4, -0.2) is 20.1 Å². The normalized spacial score (nSPS) is 21.0. The smallest absolute Gasteiger partial charge is 0.0402 e. The second kappa shape index (κ2) is 4.46. The van der Waals surface area contributed by atoms with Crippen molar-refractivity contribution < 1.29 is 0 Å². The molecule has 1 aliphatic rings. The van der Waals surface area contributed by atoms with Gasteiger partial charge in [0.1, 0.15) is 0 Å². The highest BCUT2D eigenvalue weighted by atomic mass is 15.1. The molecule has 0 amide bonds. The molecular formula is C14H22N2. The fourth-order valence-corrected chi connectivity index (χ4v) is 2.52. The van der Waals surface area contributed by atoms with Crippen molar-refractivity contribution in [2.24, 2.45) is 0 Å². The molecule has 1 heterocycles. The average molecular weight is 218 g/mol. The Labute approximate surface area is 98.7 Å². The van der Waals surface area contributed by atoms with Crippen molar-refractivity contribution in [1.29, 1.82) is 0 Å². The molecule has 1 aromatic carbocycles. The molecule has 0 radical (unpaired) electrons. The molecule has 1 aliphatic heterocycles. The summed E-state index contributed by atoms with van der Waals surface area (Å²) in [6, 6.07) is 7.34. The maximum absolute atomic E-state index is 3.30. The lowest BCUT2D eigenvalue weighted by Gasteiger charge is -2.17. The van der Waals surface area contributed by atoms with Crippen LogP contribution in [0, 0.1) is 0 Å². The maximum Gasteiger partial charge on any atom is 0.0402 e. The molecule has 2 atom stereocenters. The summed E-state index contributed by atoms with van der Waals surface area (Å²) in [7, 11) is 2.01. The van der Waals surface area contributed by atoms with Gasteiger partial charge in [-0.25, -0.2) is 0 Å². The van der Waals surface area contributed by atoms with Crippen molar-refractivity contribution in [2.45, 2.75) is 32.7 Å². The summed E-state index contributed by atoms with van der Waals surface area (Å²) in [5.41, 5.74) is 4.34. The Morgan fingerprint density at radius 3 is 2.88 bits per heavy atom. The van der Waals surface area contributed by atoms with Crippen LogP contribution in [0.25, 0.3) is 0 Å². The quantitative estimate of drug-likeness (QED) is 0.839. The van der Waals surface area contributed by atoms with E-state index in [1.807, 2.05) is 7.05 Å². The summed E-state index contributed by atoms with van der Waals surface area (Å²) in [5, 5.41) is 3.30. The molecule has 0 saturated heterocycles. The molecule has 0 saturated carbocycles. The molecule has 0 aliphatic carbocycles. The zero-order valence-electron chi connectivity index (χ0n) is 10.7. The van der Waals surface area contributed by atoms with E-state index in [2.05, 4.69) is 49.2 Å². The van der Waals surface area contributed by atoms with Crippen LogP contribution in [0.4, 0.5) is 5.69 Å². The molecule has 0 aromatic heterocycles. The number of nitrogens with one attached hydrogen (secondary N) is 1. The summed E-state index contributed by atoms with van der Waals surface area (Å²) in [6.07, 6.45) is 0. The first kappa shape index (κ1) is 11.5. The van der Waals surface area contributed by atoms with Gasteiger partial charge in [-0.15, -0.1) is 0 Å². The van der Waals surface area contributed by atoms with E-state index < -0.39 is 0 Å². The minimum atomic E-state index is 0.438. The first-order valence-electron chi connectivity index (χ1n) is 6.23. The monoisotopic (exact) mass is 218 g/mol. The molecule has 2 rings (SSSR count). The number of hydrogen-bond donors (Lipinski definition) is 1. The van der Waals surface area contributed by atoms with Gasteiger partial charge in [0.15, 0.2) is 0 Å². The van der Waals surface area contributed by atoms with Gasteiger partial charge in [0.05, 0.1) is 0 Å². The Morgan fingerprint density at radius 2 is 2.25 bits per heavy atom. The first-order chi connectivity index (χ1) is 7.67. The zero-order chi connectivity index (χ0) is 11.7. The average Bonchev–Trinajstić information content (AvgIpc) is 2.64. The molecule has 2 unspecified atom stereocenters. The number of rotatable bonds is 3. The fraction of sp³-hybridized carbons (Fsp3) is 0.571. The molecule has 16 heavy (non-hydrogen) atoms. The highest BCUT2D eigenvalue weighted by Gasteiger charge is 2.24. The molecule has 1 N–H and O–H groups in total. The molecule has 0 fully saturated rings. The first-order valence-corrected chi connectivity index (χ1v) is 6.23. The van der Waals surface area contributed by atoms with E-state index in [1.165, 1.54) is 23.4 Å². The van der Waals surface area contributed by atoms with Gasteiger partial charge in [0, 0.05) is 30.7 Å². The Kier molecular flexibility index (Phi) is 3.20. The summed E-state index contributed by atoms with van der Waals surface area (Å²) < 4.78 is 0. The zero-order valence-corrected chi connectivity index (χ0v) is 10.7. The predicted molar refractivity (Wildman–Crippen MR) is 70.2 cm³/mol. The Hall–Kier alpha value is -1.02. The standard InChI is InChI=1S/C14H22N2/c1-5-16-9-10(2)13-8-12(11(3)15-4)6-7-14(13)16/h6-8,10-11,15H,5,9H2,1-4H3. The predicted octanol–water partition coefficient (Wildman–Crippen LogP) is 2.91. The molecule has 88 valence electrons. The lowest BCUT2D eigenvalue weighted by Crippen LogP contribution is -2.20. The minimum absolute atomic E-state index is 0.438. The van der Waals surface area contributed by atoms with E-state index in [0.717, 1.165) is 6.54 Å². The minimum Gasteiger partial charge on any atom is -0.371 e. The lowest BCUT2D eigenvalue weighted by atomic mass is 9.98. The molecule has 2 heteroatoms. The highest BCUT2D eigenvalue weighted by molar-refractivity contribution is 5.61. The van der Waals surface area contributed by atoms with Crippen LogP contribution in [0.3, 0.4) is 0 Å². The third-order valence-electron chi connectivity index (χ3n) is 3.73. The maximum atomic E-state index is 3.30. The van der Waals surface area contributed by atoms with Crippen LogP contribution in [0.15, 0.2) is 18.2 Å². The van der Waals surface area contributed by atoms with Crippen LogP contribution in [0.5, 0.6) is 0 Å². The van der Waals surface area contributed by atoms with E-state index in [0.29, 0.717) is 12.0 Å². The Bertz CT molecular complexity index is 373. The fourth-order valence-electron chi connectivity index (χ4n) is 2.52. The van der Waals surface area contributed by atoms with Gasteiger partial charge in [-0.1, -0.05) is 19.1 Å². The van der Waals surface area contributed by atoms with Crippen molar-refractivity contribution in [2.75, 3.05) is 25.0 Å². The lowest BCUT2D eigenvalue weighted by molar-refractivity contribution is 0.651. The molecular weight excluding hydrogens is 196 g/mol. The number of anilines is 1. The van der Waals surface area contributed by atoms with Crippen LogP contribution < -0.4 is 10.2 Å². The second-order valence-corrected chi connectivity index (χ2v) is 4.77. The third kappa shape index (κ3) is 1.82. The van der Waals surface area contributed by atoms with E-state index >= 15 is 0 Å². The van der Waals surface area contributed by atoms with Crippen LogP contribution in [0.2, 0.25) is 0 Å². The van der Waals surface area contributed by atoms with Gasteiger partial charge in [0.25, 0.3) is 0 Å². The number of benzene rings is 1. The molecule has 0 spiro atoms. The highest BCUT2D eigenvalue weighted by Crippen LogP contribution is 2.37. The number of likely N-dealkylation sites (N-methyl/N-ethyl adjacent to an activating group) is 1. The van der Waals surface area contributed by atoms with E-state index in [9.17, 15) is 0 Å². The molecule has 1 aromatic rings. The van der Waals surface area contributed by atoms with Crippen LogP contribution in [0.1, 0.15) is 43.9 Å². The van der Waals surface area contributed by atoms with Gasteiger partial charge >= 0.3 is 0 Å². The van der Waals surface area contributed by atoms with Gasteiger partial charge in [-0.05, 0) is 38.1 Å². The summed E-state index contributed by atoms with van der Waals surface area (Å²) in [6.45, 7) is 9.04. The topological polar surface area (TPSA) is 15.3 Å². The largest absolute Gasteiger partial charge is 0.371 e. The number of fused-ring (bicyclic) bond motifs is 1. The van der Waals surface area contributed by atoms with Crippen molar-refractivity contribution in [3.63, 3.8) is 0 Å². The van der Waals surface area contributed by atoms with Crippen LogP contribution >= 0.6 is 0 Å². The number of hydrogen-bond acceptors (Lipinski definition) is 2. The van der Waals surface area contributed by atoms with Gasteiger partial charge in [0.2, 0.25) is 0 Å². The van der Waals surface area contributed by atoms with Crippen molar-refractivity contribution in [3.8, 4) is 0 Å². The van der Waals surface area contributed by atoms with Crippen LogP contribution in [-0.2, 0) is 0 Å². The second-order valence-electron chi connectivity index (χ2n) is 4.77. The van der Waals surface area contributed by atoms with Gasteiger partial charge in [-0.2, -0.15) is 0 Å². The molecule has 0 bridgehead atoms. The Balaban J connectivity index is 2.36. The van der Waals surface area contributed by atoms with Crippen molar-refractivity contribution >= 4 is 5.69 Å². The van der Waals surface area contributed by atoms with Gasteiger partial charge in [-0.3, -0.25) is 0 Å². The van der Waals surface area contributed by atoms with E-state index in [4.69, 9.17) is 0 Å². The summed E-state index contributed by atoms with van der Waals surface area (Å²) in [5.74, 6) is 0.666. The van der Waals surface area contributed by atoms with Gasteiger partial charge < -0.3 is 10.2 Å². The summed E-state index contributed by atoms with van der Waals surface area (Å²) in [4.78, 5) is 2.47. The molecule has 2 nitrogen and oxygen atoms in total. The Morgan fingerprint density at radius 1 is 1.50 bits per heavy atom. The van der Waals surface area contributed by atoms with Crippen molar-refractivity contribution in [3.05, 3.63) is 29.3 Å². The van der Waals surface area contributed by atoms with E-state index in [1.54, 1.807) is 0 Å². The van der Waals surface area contributed by atoms with Crippen molar-refractivity contribution in [1.82, 2.24) is 5.32 Å². The third-order valence-corrected chi connectivity index (χ3v) is 3.73. The SMILES string of the molecule is CCN1CC(C)c2cc(C(C)NC)ccc21. The van der Waals surface area contributed by atoms with E-state index in [-0.39, 0.29) is 0 Å². The number of nitrogens with zero attached hydrogens (tertiary/aromatic N) is 1. The summed E-state index contributed by atoms with van der Waals surface area (Å²) >= 11 is 0.